The number of allylic oxidation sites excluding steroid dienone is 2. The van der Waals surface area contributed by atoms with Gasteiger partial charge in [0.05, 0.1) is 12.1 Å². The van der Waals surface area contributed by atoms with Gasteiger partial charge in [-0.1, -0.05) is 6.08 Å². The monoisotopic (exact) mass is 159 g/mol. The second kappa shape index (κ2) is 2.74. The lowest BCUT2D eigenvalue weighted by molar-refractivity contribution is -0.839. The van der Waals surface area contributed by atoms with Crippen LogP contribution < -0.4 is 5.06 Å². The van der Waals surface area contributed by atoms with Crippen molar-refractivity contribution in [3.63, 3.8) is 0 Å². The molecule has 56 valence electrons. The number of nitrogens with one attached hydrogen (secondary N) is 1. The molecule has 0 aromatic heterocycles. The first-order chi connectivity index (χ1) is 4.69. The van der Waals surface area contributed by atoms with Crippen LogP contribution in [0, 0.1) is 5.21 Å². The zero-order valence-electron chi connectivity index (χ0n) is 5.80. The smallest absolute Gasteiger partial charge is 0.131 e. The molecule has 3 heteroatoms. The van der Waals surface area contributed by atoms with Crippen molar-refractivity contribution < 1.29 is 5.06 Å². The van der Waals surface area contributed by atoms with Gasteiger partial charge in [0.15, 0.2) is 0 Å². The van der Waals surface area contributed by atoms with Crippen LogP contribution in [0.25, 0.3) is 0 Å². The van der Waals surface area contributed by atoms with E-state index >= 15 is 0 Å². The van der Waals surface area contributed by atoms with E-state index in [0.717, 1.165) is 0 Å². The van der Waals surface area contributed by atoms with Crippen LogP contribution in [-0.2, 0) is 0 Å². The lowest BCUT2D eigenvalue weighted by atomic mass is 10.0. The Morgan fingerprint density at radius 1 is 1.60 bits per heavy atom. The summed E-state index contributed by atoms with van der Waals surface area (Å²) in [5, 5.41) is 11.2. The average Bonchev–Trinajstić information content (AvgIpc) is 1.96. The number of hydrogen-bond acceptors (Lipinski definition) is 1. The molecule has 0 saturated carbocycles. The summed E-state index contributed by atoms with van der Waals surface area (Å²) >= 11 is 5.61. The van der Waals surface area contributed by atoms with E-state index in [9.17, 15) is 5.21 Å². The van der Waals surface area contributed by atoms with E-state index in [4.69, 9.17) is 11.6 Å². The Bertz CT molecular complexity index is 178. The highest BCUT2D eigenvalue weighted by molar-refractivity contribution is 6.18. The van der Waals surface area contributed by atoms with Crippen molar-refractivity contribution in [2.75, 3.05) is 5.88 Å². The second-order valence-electron chi connectivity index (χ2n) is 2.63. The maximum Gasteiger partial charge on any atom is 0.131 e. The Balaban J connectivity index is 2.77. The minimum absolute atomic E-state index is 0.0880. The van der Waals surface area contributed by atoms with Gasteiger partial charge in [-0.2, -0.15) is 0 Å². The second-order valence-corrected chi connectivity index (χ2v) is 2.90. The highest BCUT2D eigenvalue weighted by atomic mass is 35.5. The third-order valence-corrected chi connectivity index (χ3v) is 2.22. The lowest BCUT2D eigenvalue weighted by Crippen LogP contribution is -3.12. The lowest BCUT2D eigenvalue weighted by Gasteiger charge is -2.35. The van der Waals surface area contributed by atoms with Crippen LogP contribution >= 0.6 is 11.6 Å². The van der Waals surface area contributed by atoms with Crippen molar-refractivity contribution in [3.8, 4) is 0 Å². The molecule has 2 nitrogen and oxygen atoms in total. The van der Waals surface area contributed by atoms with E-state index in [2.05, 4.69) is 0 Å². The number of rotatable bonds is 1. The van der Waals surface area contributed by atoms with Crippen LogP contribution in [0.3, 0.4) is 0 Å². The van der Waals surface area contributed by atoms with E-state index in [-0.39, 0.29) is 5.06 Å². The molecule has 0 saturated heterocycles. The van der Waals surface area contributed by atoms with Gasteiger partial charge < -0.3 is 10.3 Å². The number of hydrogen-bond donors (Lipinski definition) is 1. The third-order valence-electron chi connectivity index (χ3n) is 1.66. The van der Waals surface area contributed by atoms with Crippen LogP contribution in [-0.4, -0.2) is 11.4 Å². The molecule has 0 spiro atoms. The van der Waals surface area contributed by atoms with E-state index < -0.39 is 5.54 Å². The molecule has 0 aromatic carbocycles. The van der Waals surface area contributed by atoms with Crippen LogP contribution in [0.4, 0.5) is 0 Å². The number of quaternary nitrogens is 1. The predicted molar refractivity (Wildman–Crippen MR) is 41.7 cm³/mol. The first kappa shape index (κ1) is 7.79. The van der Waals surface area contributed by atoms with Crippen LogP contribution in [0.1, 0.15) is 6.92 Å². The van der Waals surface area contributed by atoms with Gasteiger partial charge in [0.25, 0.3) is 0 Å². The first-order valence-electron chi connectivity index (χ1n) is 3.15. The summed E-state index contributed by atoms with van der Waals surface area (Å²) in [5.74, 6) is 0.354. The molecule has 2 atom stereocenters. The summed E-state index contributed by atoms with van der Waals surface area (Å²) in [6, 6.07) is 0. The topological polar surface area (TPSA) is 27.5 Å². The Kier molecular flexibility index (Phi) is 2.14. The summed E-state index contributed by atoms with van der Waals surface area (Å²) in [4.78, 5) is 0. The van der Waals surface area contributed by atoms with Crippen LogP contribution in [0.15, 0.2) is 24.4 Å². The normalized spacial score (nSPS) is 38.5. The van der Waals surface area contributed by atoms with Crippen molar-refractivity contribution in [2.24, 2.45) is 0 Å². The molecule has 0 bridgehead atoms. The molecule has 10 heavy (non-hydrogen) atoms. The largest absolute Gasteiger partial charge is 0.629 e. The SMILES string of the molecule is CC1(CCl)C=CC=C[NH+]1[O-]. The van der Waals surface area contributed by atoms with E-state index in [1.54, 1.807) is 12.3 Å². The molecule has 1 aliphatic heterocycles. The quantitative estimate of drug-likeness (QED) is 0.437. The number of halogens is 1. The van der Waals surface area contributed by atoms with E-state index in [0.29, 0.717) is 5.88 Å². The zero-order valence-corrected chi connectivity index (χ0v) is 6.56. The molecule has 1 N–H and O–H groups in total. The van der Waals surface area contributed by atoms with Crippen molar-refractivity contribution in [1.82, 2.24) is 0 Å². The molecular weight excluding hydrogens is 150 g/mol. The number of alkyl halides is 1. The standard InChI is InChI=1S/C7H10ClNO/c1-7(6-8)4-2-3-5-9(7)10/h2-5,9H,6H2,1H3. The molecule has 0 aliphatic carbocycles. The Labute approximate surface area is 65.4 Å². The van der Waals surface area contributed by atoms with Crippen molar-refractivity contribution in [1.29, 1.82) is 0 Å². The Morgan fingerprint density at radius 3 is 2.70 bits per heavy atom. The molecule has 2 unspecified atom stereocenters. The van der Waals surface area contributed by atoms with Gasteiger partial charge in [0.2, 0.25) is 0 Å². The summed E-state index contributed by atoms with van der Waals surface area (Å²) in [6.45, 7) is 1.84. The fourth-order valence-corrected chi connectivity index (χ4v) is 1.01. The zero-order chi connectivity index (χ0) is 7.61. The van der Waals surface area contributed by atoms with Crippen LogP contribution in [0.5, 0.6) is 0 Å². The maximum absolute atomic E-state index is 11.1. The van der Waals surface area contributed by atoms with Gasteiger partial charge in [-0.3, -0.25) is 0 Å². The van der Waals surface area contributed by atoms with E-state index in [1.807, 2.05) is 19.1 Å². The van der Waals surface area contributed by atoms with Crippen molar-refractivity contribution in [3.05, 3.63) is 29.6 Å². The minimum Gasteiger partial charge on any atom is -0.629 e. The van der Waals surface area contributed by atoms with Crippen molar-refractivity contribution >= 4 is 11.6 Å². The molecule has 0 fully saturated rings. The summed E-state index contributed by atoms with van der Waals surface area (Å²) in [6.07, 6.45) is 6.98. The highest BCUT2D eigenvalue weighted by Gasteiger charge is 2.26. The van der Waals surface area contributed by atoms with Gasteiger partial charge in [-0.15, -0.1) is 11.6 Å². The number of hydroxylamine groups is 2. The molecular formula is C7H10ClNO. The van der Waals surface area contributed by atoms with Gasteiger partial charge in [0, 0.05) is 0 Å². The first-order valence-corrected chi connectivity index (χ1v) is 3.69. The predicted octanol–water partition coefficient (Wildman–Crippen LogP) is 0.450. The fourth-order valence-electron chi connectivity index (χ4n) is 0.794. The summed E-state index contributed by atoms with van der Waals surface area (Å²) in [7, 11) is 0. The van der Waals surface area contributed by atoms with E-state index in [1.165, 1.54) is 0 Å². The fraction of sp³-hybridized carbons (Fsp3) is 0.429. The van der Waals surface area contributed by atoms with Gasteiger partial charge in [0.1, 0.15) is 5.54 Å². The highest BCUT2D eigenvalue weighted by Crippen LogP contribution is 2.06. The van der Waals surface area contributed by atoms with Gasteiger partial charge >= 0.3 is 0 Å². The van der Waals surface area contributed by atoms with Crippen LogP contribution in [0.2, 0.25) is 0 Å². The van der Waals surface area contributed by atoms with Gasteiger partial charge in [-0.05, 0) is 19.1 Å². The summed E-state index contributed by atoms with van der Waals surface area (Å²) in [5.41, 5.74) is -0.462. The summed E-state index contributed by atoms with van der Waals surface area (Å²) < 4.78 is 0. The van der Waals surface area contributed by atoms with Gasteiger partial charge in [-0.25, -0.2) is 0 Å². The molecule has 0 amide bonds. The Morgan fingerprint density at radius 2 is 2.30 bits per heavy atom. The molecule has 1 rings (SSSR count). The van der Waals surface area contributed by atoms with Crippen molar-refractivity contribution in [2.45, 2.75) is 12.5 Å². The molecule has 0 radical (unpaired) electrons. The average molecular weight is 160 g/mol. The third kappa shape index (κ3) is 1.24. The Hall–Kier alpha value is -0.310. The molecule has 0 aromatic rings. The molecule has 1 aliphatic rings. The minimum atomic E-state index is -0.462. The molecule has 1 heterocycles. The maximum atomic E-state index is 11.1.